The topological polar surface area (TPSA) is 87.2 Å². The Kier molecular flexibility index (Phi) is 6.55. The molecule has 0 aliphatic carbocycles. The van der Waals surface area contributed by atoms with E-state index in [1.54, 1.807) is 41.5 Å². The molecule has 2 amide bonds. The molecular formula is C23H36N2O5S. The monoisotopic (exact) mass is 452 g/mol. The van der Waals surface area contributed by atoms with Crippen LogP contribution >= 0.6 is 11.8 Å². The molecule has 31 heavy (non-hydrogen) atoms. The van der Waals surface area contributed by atoms with Crippen LogP contribution in [-0.4, -0.2) is 80.1 Å². The molecule has 3 aliphatic heterocycles. The van der Waals surface area contributed by atoms with Crippen LogP contribution in [0, 0.1) is 17.8 Å². The average molecular weight is 453 g/mol. The van der Waals surface area contributed by atoms with Gasteiger partial charge in [0.25, 0.3) is 0 Å². The number of fused-ring (bicyclic) bond motifs is 1. The lowest BCUT2D eigenvalue weighted by atomic mass is 9.66. The third kappa shape index (κ3) is 3.50. The second kappa shape index (κ2) is 8.43. The normalized spacial score (nSPS) is 35.1. The van der Waals surface area contributed by atoms with E-state index in [1.807, 2.05) is 20.8 Å². The molecule has 0 saturated carbocycles. The first kappa shape index (κ1) is 24.1. The molecule has 3 fully saturated rings. The Morgan fingerprint density at radius 1 is 1.45 bits per heavy atom. The maximum absolute atomic E-state index is 14.1. The second-order valence-electron chi connectivity index (χ2n) is 9.99. The van der Waals surface area contributed by atoms with Crippen molar-refractivity contribution in [2.75, 3.05) is 19.8 Å². The predicted octanol–water partition coefficient (Wildman–Crippen LogP) is 2.08. The minimum atomic E-state index is -0.740. The highest BCUT2D eigenvalue weighted by atomic mass is 32.2. The van der Waals surface area contributed by atoms with Crippen molar-refractivity contribution in [1.29, 1.82) is 0 Å². The molecule has 0 aromatic rings. The van der Waals surface area contributed by atoms with Gasteiger partial charge in [-0.2, -0.15) is 0 Å². The molecule has 0 radical (unpaired) electrons. The van der Waals surface area contributed by atoms with Gasteiger partial charge >= 0.3 is 5.97 Å². The molecule has 1 N–H and O–H groups in total. The van der Waals surface area contributed by atoms with E-state index in [2.05, 4.69) is 13.5 Å². The number of carbonyl (C=O) groups excluding carboxylic acids is 3. The number of rotatable bonds is 7. The third-order valence-electron chi connectivity index (χ3n) is 7.10. The molecule has 0 aromatic carbocycles. The number of esters is 1. The summed E-state index contributed by atoms with van der Waals surface area (Å²) in [6, 6.07) is -1.27. The van der Waals surface area contributed by atoms with Crippen LogP contribution in [0.15, 0.2) is 12.7 Å². The van der Waals surface area contributed by atoms with E-state index < -0.39 is 34.2 Å². The zero-order valence-electron chi connectivity index (χ0n) is 19.5. The van der Waals surface area contributed by atoms with E-state index in [1.165, 1.54) is 0 Å². The highest BCUT2D eigenvalue weighted by molar-refractivity contribution is 8.02. The van der Waals surface area contributed by atoms with Gasteiger partial charge in [0.05, 0.1) is 35.8 Å². The van der Waals surface area contributed by atoms with Crippen molar-refractivity contribution in [2.24, 2.45) is 17.8 Å². The van der Waals surface area contributed by atoms with Crippen molar-refractivity contribution in [3.05, 3.63) is 12.7 Å². The summed E-state index contributed by atoms with van der Waals surface area (Å²) in [7, 11) is 0. The van der Waals surface area contributed by atoms with E-state index in [0.29, 0.717) is 6.54 Å². The zero-order valence-corrected chi connectivity index (χ0v) is 20.3. The summed E-state index contributed by atoms with van der Waals surface area (Å²) in [5.74, 6) is -1.80. The van der Waals surface area contributed by atoms with Crippen LogP contribution < -0.4 is 0 Å². The lowest BCUT2D eigenvalue weighted by Gasteiger charge is -2.44. The summed E-state index contributed by atoms with van der Waals surface area (Å²) in [6.07, 6.45) is 2.46. The van der Waals surface area contributed by atoms with Crippen molar-refractivity contribution in [2.45, 2.75) is 75.6 Å². The van der Waals surface area contributed by atoms with Crippen molar-refractivity contribution < 1.29 is 24.2 Å². The lowest BCUT2D eigenvalue weighted by molar-refractivity contribution is -0.154. The first-order chi connectivity index (χ1) is 14.5. The van der Waals surface area contributed by atoms with Gasteiger partial charge in [0, 0.05) is 17.3 Å². The molecule has 3 aliphatic rings. The summed E-state index contributed by atoms with van der Waals surface area (Å²) in [6.45, 7) is 15.7. The molecule has 1 spiro atoms. The number of ether oxygens (including phenoxy) is 1. The summed E-state index contributed by atoms with van der Waals surface area (Å²) in [5.41, 5.74) is -0.470. The van der Waals surface area contributed by atoms with Crippen molar-refractivity contribution in [1.82, 2.24) is 9.80 Å². The number of carbonyl (C=O) groups is 3. The standard InChI is InChI=1S/C23H36N2O5S/c1-8-10-24(22(5,6)7)20(28)18-23-13(3)11-15(31-23)16(21(29)30-9-2)17(23)19(27)25(18)14(4)12-26/h8,13-18,26H,1,9-12H2,2-7H3/t13?,14-,15+,16-,17+,18?,23?/m1/s1. The van der Waals surface area contributed by atoms with Gasteiger partial charge in [-0.25, -0.2) is 0 Å². The largest absolute Gasteiger partial charge is 0.466 e. The van der Waals surface area contributed by atoms with Crippen LogP contribution in [0.2, 0.25) is 0 Å². The lowest BCUT2D eigenvalue weighted by Crippen LogP contribution is -2.61. The SMILES string of the molecule is C=CCN(C(=O)C1N([C@H](C)CO)C(=O)[C@@H]2[C@H](C(=O)OCC)[C@@H]3CC(C)C12S3)C(C)(C)C. The quantitative estimate of drug-likeness (QED) is 0.470. The molecule has 7 nitrogen and oxygen atoms in total. The minimum Gasteiger partial charge on any atom is -0.466 e. The van der Waals surface area contributed by atoms with E-state index in [0.717, 1.165) is 6.42 Å². The van der Waals surface area contributed by atoms with Crippen LogP contribution in [0.1, 0.15) is 48.0 Å². The molecule has 0 aromatic heterocycles. The van der Waals surface area contributed by atoms with Gasteiger partial charge in [0.15, 0.2) is 0 Å². The Bertz CT molecular complexity index is 766. The summed E-state index contributed by atoms with van der Waals surface area (Å²) < 4.78 is 4.64. The fourth-order valence-electron chi connectivity index (χ4n) is 5.78. The number of hydrogen-bond acceptors (Lipinski definition) is 6. The van der Waals surface area contributed by atoms with Crippen LogP contribution in [-0.2, 0) is 19.1 Å². The number of likely N-dealkylation sites (tertiary alicyclic amines) is 1. The Morgan fingerprint density at radius 2 is 2.10 bits per heavy atom. The van der Waals surface area contributed by atoms with Crippen LogP contribution in [0.25, 0.3) is 0 Å². The van der Waals surface area contributed by atoms with Gasteiger partial charge in [-0.05, 0) is 47.0 Å². The Balaban J connectivity index is 2.14. The summed E-state index contributed by atoms with van der Waals surface area (Å²) in [5, 5.41) is 9.90. The van der Waals surface area contributed by atoms with Crippen LogP contribution in [0.3, 0.4) is 0 Å². The summed E-state index contributed by atoms with van der Waals surface area (Å²) in [4.78, 5) is 44.1. The van der Waals surface area contributed by atoms with E-state index in [-0.39, 0.29) is 42.2 Å². The molecule has 7 atom stereocenters. The number of nitrogens with zero attached hydrogens (tertiary/aromatic N) is 2. The van der Waals surface area contributed by atoms with E-state index >= 15 is 0 Å². The fraction of sp³-hybridized carbons (Fsp3) is 0.783. The van der Waals surface area contributed by atoms with Gasteiger partial charge in [-0.15, -0.1) is 18.3 Å². The van der Waals surface area contributed by atoms with Crippen LogP contribution in [0.5, 0.6) is 0 Å². The number of aliphatic hydroxyl groups excluding tert-OH is 1. The van der Waals surface area contributed by atoms with Crippen molar-refractivity contribution >= 4 is 29.5 Å². The average Bonchev–Trinajstić information content (AvgIpc) is 3.28. The molecule has 174 valence electrons. The first-order valence-corrected chi connectivity index (χ1v) is 12.0. The summed E-state index contributed by atoms with van der Waals surface area (Å²) >= 11 is 1.62. The Labute approximate surface area is 189 Å². The smallest absolute Gasteiger partial charge is 0.310 e. The molecule has 3 unspecified atom stereocenters. The van der Waals surface area contributed by atoms with Gasteiger partial charge in [-0.1, -0.05) is 13.0 Å². The number of aliphatic hydroxyl groups is 1. The zero-order chi connectivity index (χ0) is 23.3. The number of thioether (sulfide) groups is 1. The number of hydrogen-bond donors (Lipinski definition) is 1. The molecule has 2 bridgehead atoms. The molecule has 8 heteroatoms. The molecule has 3 heterocycles. The first-order valence-electron chi connectivity index (χ1n) is 11.2. The highest BCUT2D eigenvalue weighted by Crippen LogP contribution is 2.69. The van der Waals surface area contributed by atoms with Crippen molar-refractivity contribution in [3.8, 4) is 0 Å². The van der Waals surface area contributed by atoms with Gasteiger partial charge in [0.1, 0.15) is 6.04 Å². The third-order valence-corrected chi connectivity index (χ3v) is 9.18. The Hall–Kier alpha value is -1.54. The molecular weight excluding hydrogens is 416 g/mol. The Morgan fingerprint density at radius 3 is 2.61 bits per heavy atom. The maximum Gasteiger partial charge on any atom is 0.310 e. The second-order valence-corrected chi connectivity index (χ2v) is 11.5. The highest BCUT2D eigenvalue weighted by Gasteiger charge is 2.77. The fourth-order valence-corrected chi connectivity index (χ4v) is 8.17. The predicted molar refractivity (Wildman–Crippen MR) is 120 cm³/mol. The van der Waals surface area contributed by atoms with Gasteiger partial charge < -0.3 is 19.6 Å². The van der Waals surface area contributed by atoms with E-state index in [9.17, 15) is 19.5 Å². The van der Waals surface area contributed by atoms with E-state index in [4.69, 9.17) is 4.74 Å². The van der Waals surface area contributed by atoms with Gasteiger partial charge in [0.2, 0.25) is 11.8 Å². The van der Waals surface area contributed by atoms with Crippen LogP contribution in [0.4, 0.5) is 0 Å². The minimum absolute atomic E-state index is 0.0348. The van der Waals surface area contributed by atoms with Gasteiger partial charge in [-0.3, -0.25) is 14.4 Å². The van der Waals surface area contributed by atoms with Crippen molar-refractivity contribution in [3.63, 3.8) is 0 Å². The maximum atomic E-state index is 14.1. The molecule has 3 saturated heterocycles. The molecule has 3 rings (SSSR count). The number of amides is 2.